The van der Waals surface area contributed by atoms with E-state index in [0.29, 0.717) is 13.9 Å². The van der Waals surface area contributed by atoms with Crippen LogP contribution >= 0.6 is 45.8 Å². The summed E-state index contributed by atoms with van der Waals surface area (Å²) in [7, 11) is 0. The molecule has 86 valence electrons. The lowest BCUT2D eigenvalue weighted by Gasteiger charge is -2.28. The van der Waals surface area contributed by atoms with Crippen LogP contribution in [0.25, 0.3) is 0 Å². The Balaban J connectivity index is 2.03. The number of aromatic nitrogens is 2. The minimum atomic E-state index is 0.234. The minimum Gasteiger partial charge on any atom is -0.219 e. The molecule has 1 aromatic carbocycles. The van der Waals surface area contributed by atoms with Crippen molar-refractivity contribution in [1.29, 1.82) is 0 Å². The Morgan fingerprint density at radius 3 is 2.41 bits per heavy atom. The first kappa shape index (κ1) is 11.7. The maximum atomic E-state index is 6.03. The van der Waals surface area contributed by atoms with Crippen LogP contribution in [0.2, 0.25) is 10.3 Å². The van der Waals surface area contributed by atoms with E-state index in [4.69, 9.17) is 23.2 Å². The van der Waals surface area contributed by atoms with Gasteiger partial charge in [-0.1, -0.05) is 47.5 Å². The summed E-state index contributed by atoms with van der Waals surface area (Å²) in [6, 6.07) is 8.30. The molecule has 0 saturated heterocycles. The van der Waals surface area contributed by atoms with Crippen LogP contribution in [0.1, 0.15) is 22.9 Å². The van der Waals surface area contributed by atoms with E-state index in [1.165, 1.54) is 11.1 Å². The van der Waals surface area contributed by atoms with Crippen LogP contribution < -0.4 is 0 Å². The molecular weight excluding hydrogens is 370 g/mol. The molecule has 0 spiro atoms. The highest BCUT2D eigenvalue weighted by atomic mass is 127. The number of nitrogens with zero attached hydrogens (tertiary/aromatic N) is 2. The molecule has 0 saturated carbocycles. The Morgan fingerprint density at radius 2 is 1.76 bits per heavy atom. The van der Waals surface area contributed by atoms with Gasteiger partial charge in [-0.3, -0.25) is 0 Å². The standard InChI is InChI=1S/C12H7Cl2IN2/c13-10-9(15)11(14)17-12(16-10)8-5-6-3-1-2-4-7(6)8/h1-4,8H,5H2. The van der Waals surface area contributed by atoms with Crippen molar-refractivity contribution in [3.05, 3.63) is 55.1 Å². The Bertz CT molecular complexity index is 578. The number of rotatable bonds is 1. The quantitative estimate of drug-likeness (QED) is 0.553. The van der Waals surface area contributed by atoms with Gasteiger partial charge in [0.05, 0.1) is 3.57 Å². The van der Waals surface area contributed by atoms with E-state index in [2.05, 4.69) is 44.7 Å². The van der Waals surface area contributed by atoms with Gasteiger partial charge in [0.25, 0.3) is 0 Å². The monoisotopic (exact) mass is 376 g/mol. The summed E-state index contributed by atoms with van der Waals surface area (Å²) in [6.45, 7) is 0. The summed E-state index contributed by atoms with van der Waals surface area (Å²) < 4.78 is 0.710. The molecule has 17 heavy (non-hydrogen) atoms. The molecule has 2 aromatic rings. The third kappa shape index (κ3) is 1.94. The van der Waals surface area contributed by atoms with Gasteiger partial charge >= 0.3 is 0 Å². The fourth-order valence-corrected chi connectivity index (χ4v) is 2.70. The highest BCUT2D eigenvalue weighted by molar-refractivity contribution is 14.1. The van der Waals surface area contributed by atoms with Crippen LogP contribution in [0.3, 0.4) is 0 Å². The maximum Gasteiger partial charge on any atom is 0.147 e. The van der Waals surface area contributed by atoms with E-state index in [9.17, 15) is 0 Å². The fourth-order valence-electron chi connectivity index (χ4n) is 2.05. The third-order valence-corrected chi connectivity index (χ3v) is 5.16. The van der Waals surface area contributed by atoms with Crippen molar-refractivity contribution >= 4 is 45.8 Å². The Hall–Kier alpha value is -0.390. The van der Waals surface area contributed by atoms with Crippen LogP contribution in [-0.4, -0.2) is 9.97 Å². The van der Waals surface area contributed by atoms with Crippen LogP contribution in [0.15, 0.2) is 24.3 Å². The summed E-state index contributed by atoms with van der Waals surface area (Å²) in [6.07, 6.45) is 0.962. The van der Waals surface area contributed by atoms with Crippen molar-refractivity contribution in [3.8, 4) is 0 Å². The van der Waals surface area contributed by atoms with Gasteiger partial charge in [-0.25, -0.2) is 9.97 Å². The zero-order valence-corrected chi connectivity index (χ0v) is 12.3. The molecule has 0 radical (unpaired) electrons. The zero-order valence-electron chi connectivity index (χ0n) is 8.62. The van der Waals surface area contributed by atoms with E-state index in [-0.39, 0.29) is 5.92 Å². The Morgan fingerprint density at radius 1 is 1.12 bits per heavy atom. The van der Waals surface area contributed by atoms with E-state index in [0.717, 1.165) is 12.2 Å². The molecule has 1 aromatic heterocycles. The molecule has 0 N–H and O–H groups in total. The summed E-state index contributed by atoms with van der Waals surface area (Å²) >= 11 is 14.1. The first-order valence-corrected chi connectivity index (χ1v) is 6.96. The van der Waals surface area contributed by atoms with Crippen LogP contribution in [0.5, 0.6) is 0 Å². The maximum absolute atomic E-state index is 6.03. The van der Waals surface area contributed by atoms with Gasteiger partial charge in [0, 0.05) is 5.92 Å². The van der Waals surface area contributed by atoms with Gasteiger partial charge in [-0.15, -0.1) is 0 Å². The highest BCUT2D eigenvalue weighted by Gasteiger charge is 2.30. The van der Waals surface area contributed by atoms with E-state index >= 15 is 0 Å². The lowest BCUT2D eigenvalue weighted by atomic mass is 9.77. The molecule has 5 heteroatoms. The summed E-state index contributed by atoms with van der Waals surface area (Å²) in [5.41, 5.74) is 2.63. The van der Waals surface area contributed by atoms with Crippen molar-refractivity contribution in [2.75, 3.05) is 0 Å². The van der Waals surface area contributed by atoms with Gasteiger partial charge in [0.15, 0.2) is 0 Å². The topological polar surface area (TPSA) is 25.8 Å². The lowest BCUT2D eigenvalue weighted by Crippen LogP contribution is -2.20. The number of halogens is 3. The second kappa shape index (κ2) is 4.37. The molecule has 1 unspecified atom stereocenters. The number of fused-ring (bicyclic) bond motifs is 1. The molecular formula is C12H7Cl2IN2. The average Bonchev–Trinajstić information content (AvgIpc) is 2.27. The summed E-state index contributed by atoms with van der Waals surface area (Å²) in [5.74, 6) is 0.956. The second-order valence-corrected chi connectivity index (χ2v) is 5.73. The van der Waals surface area contributed by atoms with Gasteiger partial charge in [0.1, 0.15) is 16.1 Å². The summed E-state index contributed by atoms with van der Waals surface area (Å²) in [5, 5.41) is 0.870. The first-order chi connectivity index (χ1) is 8.16. The second-order valence-electron chi connectivity index (χ2n) is 3.93. The molecule has 0 aliphatic heterocycles. The van der Waals surface area contributed by atoms with Crippen LogP contribution in [0.4, 0.5) is 0 Å². The van der Waals surface area contributed by atoms with E-state index in [1.54, 1.807) is 0 Å². The average molecular weight is 377 g/mol. The van der Waals surface area contributed by atoms with Crippen LogP contribution in [-0.2, 0) is 6.42 Å². The minimum absolute atomic E-state index is 0.234. The van der Waals surface area contributed by atoms with Gasteiger partial charge < -0.3 is 0 Å². The normalized spacial score (nSPS) is 17.5. The van der Waals surface area contributed by atoms with Crippen molar-refractivity contribution in [1.82, 2.24) is 9.97 Å². The van der Waals surface area contributed by atoms with Gasteiger partial charge in [-0.2, -0.15) is 0 Å². The molecule has 0 bridgehead atoms. The predicted octanol–water partition coefficient (Wildman–Crippen LogP) is 4.08. The molecule has 3 rings (SSSR count). The smallest absolute Gasteiger partial charge is 0.147 e. The van der Waals surface area contributed by atoms with E-state index < -0.39 is 0 Å². The Labute approximate surface area is 123 Å². The first-order valence-electron chi connectivity index (χ1n) is 5.13. The van der Waals surface area contributed by atoms with Crippen molar-refractivity contribution in [3.63, 3.8) is 0 Å². The third-order valence-electron chi connectivity index (χ3n) is 2.95. The number of benzene rings is 1. The molecule has 1 aliphatic rings. The van der Waals surface area contributed by atoms with Gasteiger partial charge in [0.2, 0.25) is 0 Å². The van der Waals surface area contributed by atoms with Gasteiger partial charge in [-0.05, 0) is 40.1 Å². The number of hydrogen-bond donors (Lipinski definition) is 0. The molecule has 0 amide bonds. The summed E-state index contributed by atoms with van der Waals surface area (Å²) in [4.78, 5) is 8.63. The predicted molar refractivity (Wildman–Crippen MR) is 76.8 cm³/mol. The molecule has 2 nitrogen and oxygen atoms in total. The van der Waals surface area contributed by atoms with Crippen molar-refractivity contribution in [2.45, 2.75) is 12.3 Å². The van der Waals surface area contributed by atoms with Crippen LogP contribution in [0, 0.1) is 3.57 Å². The lowest BCUT2D eigenvalue weighted by molar-refractivity contribution is 0.659. The van der Waals surface area contributed by atoms with E-state index in [1.807, 2.05) is 12.1 Å². The molecule has 0 fully saturated rings. The zero-order chi connectivity index (χ0) is 12.0. The highest BCUT2D eigenvalue weighted by Crippen LogP contribution is 2.39. The van der Waals surface area contributed by atoms with Crippen molar-refractivity contribution in [2.24, 2.45) is 0 Å². The van der Waals surface area contributed by atoms with Crippen molar-refractivity contribution < 1.29 is 0 Å². The molecule has 1 aliphatic carbocycles. The SMILES string of the molecule is Clc1nc(C2Cc3ccccc32)nc(Cl)c1I. The largest absolute Gasteiger partial charge is 0.219 e. The molecule has 1 atom stereocenters. The fraction of sp³-hybridized carbons (Fsp3) is 0.167. The molecule has 1 heterocycles. The number of hydrogen-bond acceptors (Lipinski definition) is 2. The Kier molecular flexibility index (Phi) is 3.00.